The van der Waals surface area contributed by atoms with Gasteiger partial charge in [0, 0.05) is 39.7 Å². The summed E-state index contributed by atoms with van der Waals surface area (Å²) in [6, 6.07) is 72.6. The van der Waals surface area contributed by atoms with Crippen LogP contribution in [0.2, 0.25) is 0 Å². The van der Waals surface area contributed by atoms with Crippen LogP contribution in [0.25, 0.3) is 66.4 Å². The number of anilines is 3. The quantitative estimate of drug-likeness (QED) is 0.175. The molecule has 0 radical (unpaired) electrons. The van der Waals surface area contributed by atoms with Crippen molar-refractivity contribution in [3.8, 4) is 67.1 Å². The standard InChI is InChI=1S/C55H39NO/c1-55(2)51-20-12-11-19-45(51)46-29-26-43(34-52(46)55)56(42-24-21-38(22-25-42)36-13-5-3-6-14-36)44-27-30-48-50-32-40-18-10-9-17-39(40)31-49(50)47-28-23-41(37-15-7-4-8-16-37)33-53(47)57-54(48)35-44/h3-35H,1-2H3. The van der Waals surface area contributed by atoms with Gasteiger partial charge < -0.3 is 9.64 Å². The Morgan fingerprint density at radius 3 is 1.49 bits per heavy atom. The number of nitrogens with zero attached hydrogens (tertiary/aromatic N) is 1. The third kappa shape index (κ3) is 5.48. The summed E-state index contributed by atoms with van der Waals surface area (Å²) >= 11 is 0. The van der Waals surface area contributed by atoms with Gasteiger partial charge in [0.05, 0.1) is 0 Å². The van der Waals surface area contributed by atoms with Crippen LogP contribution < -0.4 is 9.64 Å². The molecule has 0 atom stereocenters. The van der Waals surface area contributed by atoms with E-state index in [1.54, 1.807) is 0 Å². The molecular formula is C55H39NO. The lowest BCUT2D eigenvalue weighted by molar-refractivity contribution is 0.488. The predicted molar refractivity (Wildman–Crippen MR) is 238 cm³/mol. The van der Waals surface area contributed by atoms with Crippen molar-refractivity contribution in [2.45, 2.75) is 19.3 Å². The van der Waals surface area contributed by atoms with Gasteiger partial charge >= 0.3 is 0 Å². The molecule has 0 unspecified atom stereocenters. The number of rotatable bonds is 5. The largest absolute Gasteiger partial charge is 0.456 e. The summed E-state index contributed by atoms with van der Waals surface area (Å²) in [4.78, 5) is 2.38. The van der Waals surface area contributed by atoms with Crippen LogP contribution in [-0.4, -0.2) is 0 Å². The summed E-state index contributed by atoms with van der Waals surface area (Å²) in [7, 11) is 0. The van der Waals surface area contributed by atoms with Crippen LogP contribution in [0.3, 0.4) is 0 Å². The van der Waals surface area contributed by atoms with Crippen LogP contribution in [0, 0.1) is 0 Å². The number of hydrogen-bond donors (Lipinski definition) is 0. The first-order valence-corrected chi connectivity index (χ1v) is 19.7. The highest BCUT2D eigenvalue weighted by molar-refractivity contribution is 6.00. The van der Waals surface area contributed by atoms with Crippen LogP contribution in [-0.2, 0) is 5.41 Å². The minimum absolute atomic E-state index is 0.131. The molecule has 11 rings (SSSR count). The second-order valence-corrected chi connectivity index (χ2v) is 15.8. The average Bonchev–Trinajstić information content (AvgIpc) is 3.40. The Kier molecular flexibility index (Phi) is 7.55. The fraction of sp³-hybridized carbons (Fsp3) is 0.0545. The Labute approximate surface area is 333 Å². The van der Waals surface area contributed by atoms with E-state index in [0.717, 1.165) is 56.4 Å². The van der Waals surface area contributed by atoms with Crippen LogP contribution in [0.5, 0.6) is 11.5 Å². The second kappa shape index (κ2) is 13.0. The SMILES string of the molecule is CC1(C)c2ccccc2-c2ccc(N(c3ccc(-c4ccccc4)cc3)c3ccc4c(c3)Oc3cc(-c5ccccc5)ccc3-c3cc5ccccc5cc3-4)cc21. The van der Waals surface area contributed by atoms with Crippen molar-refractivity contribution >= 4 is 27.8 Å². The van der Waals surface area contributed by atoms with Gasteiger partial charge in [0.1, 0.15) is 11.5 Å². The molecule has 1 heterocycles. The van der Waals surface area contributed by atoms with Crippen molar-refractivity contribution in [1.82, 2.24) is 0 Å². The molecule has 1 aliphatic heterocycles. The maximum atomic E-state index is 7.14. The molecule has 0 amide bonds. The summed E-state index contributed by atoms with van der Waals surface area (Å²) in [6.07, 6.45) is 0. The number of benzene rings is 9. The Balaban J connectivity index is 1.10. The topological polar surface area (TPSA) is 12.5 Å². The molecular weight excluding hydrogens is 691 g/mol. The van der Waals surface area contributed by atoms with Crippen molar-refractivity contribution in [1.29, 1.82) is 0 Å². The highest BCUT2D eigenvalue weighted by atomic mass is 16.5. The Morgan fingerprint density at radius 2 is 0.807 bits per heavy atom. The number of fused-ring (bicyclic) bond motifs is 9. The molecule has 2 heteroatoms. The molecule has 0 saturated heterocycles. The minimum Gasteiger partial charge on any atom is -0.456 e. The molecule has 2 aliphatic rings. The zero-order valence-electron chi connectivity index (χ0n) is 31.9. The van der Waals surface area contributed by atoms with E-state index >= 15 is 0 Å². The van der Waals surface area contributed by atoms with Crippen LogP contribution in [0.15, 0.2) is 200 Å². The Morgan fingerprint density at radius 1 is 0.333 bits per heavy atom. The molecule has 0 bridgehead atoms. The highest BCUT2D eigenvalue weighted by Crippen LogP contribution is 2.53. The first kappa shape index (κ1) is 33.2. The van der Waals surface area contributed by atoms with Gasteiger partial charge in [-0.05, 0) is 127 Å². The summed E-state index contributed by atoms with van der Waals surface area (Å²) in [5, 5.41) is 2.42. The fourth-order valence-electron chi connectivity index (χ4n) is 9.11. The van der Waals surface area contributed by atoms with E-state index in [9.17, 15) is 0 Å². The van der Waals surface area contributed by atoms with E-state index in [2.05, 4.69) is 219 Å². The maximum absolute atomic E-state index is 7.14. The number of ether oxygens (including phenoxy) is 1. The molecule has 0 fully saturated rings. The zero-order chi connectivity index (χ0) is 38.1. The van der Waals surface area contributed by atoms with E-state index in [1.165, 1.54) is 49.7 Å². The molecule has 0 N–H and O–H groups in total. The summed E-state index contributed by atoms with van der Waals surface area (Å²) in [5.41, 5.74) is 17.6. The normalized spacial score (nSPS) is 13.0. The molecule has 57 heavy (non-hydrogen) atoms. The highest BCUT2D eigenvalue weighted by Gasteiger charge is 2.36. The Hall–Kier alpha value is -7.16. The molecule has 0 saturated carbocycles. The van der Waals surface area contributed by atoms with Crippen LogP contribution >= 0.6 is 0 Å². The van der Waals surface area contributed by atoms with Gasteiger partial charge in [-0.15, -0.1) is 0 Å². The van der Waals surface area contributed by atoms with Gasteiger partial charge in [-0.2, -0.15) is 0 Å². The molecule has 9 aromatic carbocycles. The van der Waals surface area contributed by atoms with E-state index < -0.39 is 0 Å². The third-order valence-corrected chi connectivity index (χ3v) is 12.1. The minimum atomic E-state index is -0.131. The third-order valence-electron chi connectivity index (χ3n) is 12.1. The lowest BCUT2D eigenvalue weighted by Gasteiger charge is -2.29. The summed E-state index contributed by atoms with van der Waals surface area (Å²) in [6.45, 7) is 4.69. The van der Waals surface area contributed by atoms with Crippen molar-refractivity contribution in [3.63, 3.8) is 0 Å². The van der Waals surface area contributed by atoms with Gasteiger partial charge in [0.15, 0.2) is 0 Å². The Bertz CT molecular complexity index is 3000. The molecule has 270 valence electrons. The van der Waals surface area contributed by atoms with Crippen molar-refractivity contribution in [3.05, 3.63) is 211 Å². The maximum Gasteiger partial charge on any atom is 0.137 e. The molecule has 9 aromatic rings. The van der Waals surface area contributed by atoms with Gasteiger partial charge in [0.2, 0.25) is 0 Å². The fourth-order valence-corrected chi connectivity index (χ4v) is 9.11. The van der Waals surface area contributed by atoms with Gasteiger partial charge in [-0.1, -0.05) is 147 Å². The van der Waals surface area contributed by atoms with E-state index in [-0.39, 0.29) is 5.41 Å². The van der Waals surface area contributed by atoms with Crippen LogP contribution in [0.1, 0.15) is 25.0 Å². The monoisotopic (exact) mass is 729 g/mol. The summed E-state index contributed by atoms with van der Waals surface area (Å²) < 4.78 is 7.14. The number of hydrogen-bond acceptors (Lipinski definition) is 2. The first-order chi connectivity index (χ1) is 28.0. The molecule has 1 aliphatic carbocycles. The zero-order valence-corrected chi connectivity index (χ0v) is 31.9. The van der Waals surface area contributed by atoms with Gasteiger partial charge in [-0.25, -0.2) is 0 Å². The smallest absolute Gasteiger partial charge is 0.137 e. The molecule has 0 aromatic heterocycles. The summed E-state index contributed by atoms with van der Waals surface area (Å²) in [5.74, 6) is 1.67. The van der Waals surface area contributed by atoms with E-state index in [0.29, 0.717) is 0 Å². The van der Waals surface area contributed by atoms with E-state index in [1.807, 2.05) is 0 Å². The second-order valence-electron chi connectivity index (χ2n) is 15.8. The van der Waals surface area contributed by atoms with Crippen molar-refractivity contribution in [2.24, 2.45) is 0 Å². The van der Waals surface area contributed by atoms with Crippen LogP contribution in [0.4, 0.5) is 17.1 Å². The van der Waals surface area contributed by atoms with Gasteiger partial charge in [-0.3, -0.25) is 0 Å². The first-order valence-electron chi connectivity index (χ1n) is 19.7. The van der Waals surface area contributed by atoms with E-state index in [4.69, 9.17) is 4.74 Å². The van der Waals surface area contributed by atoms with Crippen molar-refractivity contribution in [2.75, 3.05) is 4.90 Å². The lowest BCUT2D eigenvalue weighted by Crippen LogP contribution is -2.16. The molecule has 2 nitrogen and oxygen atoms in total. The predicted octanol–water partition coefficient (Wildman–Crippen LogP) is 15.4. The molecule has 0 spiro atoms. The average molecular weight is 730 g/mol. The lowest BCUT2D eigenvalue weighted by atomic mass is 9.82. The van der Waals surface area contributed by atoms with Crippen molar-refractivity contribution < 1.29 is 4.74 Å². The van der Waals surface area contributed by atoms with Gasteiger partial charge in [0.25, 0.3) is 0 Å².